The lowest BCUT2D eigenvalue weighted by Crippen LogP contribution is -2.45. The molecule has 1 heterocycles. The van der Waals surface area contributed by atoms with Crippen molar-refractivity contribution >= 4 is 11.7 Å². The third-order valence-corrected chi connectivity index (χ3v) is 4.35. The van der Waals surface area contributed by atoms with Crippen molar-refractivity contribution in [3.05, 3.63) is 65.5 Å². The molecule has 1 aliphatic rings. The van der Waals surface area contributed by atoms with Crippen LogP contribution in [0.2, 0.25) is 0 Å². The van der Waals surface area contributed by atoms with Gasteiger partial charge in [0.25, 0.3) is 0 Å². The maximum absolute atomic E-state index is 13.0. The van der Waals surface area contributed by atoms with Crippen LogP contribution in [0.25, 0.3) is 0 Å². The number of aliphatic carboxylic acids is 1. The highest BCUT2D eigenvalue weighted by atomic mass is 19.1. The van der Waals surface area contributed by atoms with Gasteiger partial charge in [-0.2, -0.15) is 0 Å². The second kappa shape index (κ2) is 7.45. The molecule has 4 nitrogen and oxygen atoms in total. The van der Waals surface area contributed by atoms with Gasteiger partial charge in [0.05, 0.1) is 6.42 Å². The van der Waals surface area contributed by atoms with E-state index in [4.69, 9.17) is 5.11 Å². The number of nitrogens with zero attached hydrogens (tertiary/aromatic N) is 2. The molecule has 2 aromatic carbocycles. The van der Waals surface area contributed by atoms with E-state index in [0.29, 0.717) is 0 Å². The second-order valence-electron chi connectivity index (χ2n) is 6.13. The van der Waals surface area contributed by atoms with Crippen LogP contribution in [0.5, 0.6) is 0 Å². The van der Waals surface area contributed by atoms with Gasteiger partial charge in [0.15, 0.2) is 0 Å². The van der Waals surface area contributed by atoms with E-state index in [2.05, 4.69) is 9.80 Å². The van der Waals surface area contributed by atoms with Gasteiger partial charge in [-0.15, -0.1) is 0 Å². The summed E-state index contributed by atoms with van der Waals surface area (Å²) in [7, 11) is 0. The number of hydrogen-bond acceptors (Lipinski definition) is 3. The Kier molecular flexibility index (Phi) is 5.11. The first kappa shape index (κ1) is 16.5. The lowest BCUT2D eigenvalue weighted by Gasteiger charge is -2.36. The van der Waals surface area contributed by atoms with E-state index in [-0.39, 0.29) is 12.2 Å². The summed E-state index contributed by atoms with van der Waals surface area (Å²) >= 11 is 0. The summed E-state index contributed by atoms with van der Waals surface area (Å²) in [6, 6.07) is 14.4. The third-order valence-electron chi connectivity index (χ3n) is 4.35. The van der Waals surface area contributed by atoms with Crippen molar-refractivity contribution in [1.82, 2.24) is 4.90 Å². The molecule has 0 spiro atoms. The fourth-order valence-corrected chi connectivity index (χ4v) is 3.01. The number of halogens is 1. The largest absolute Gasteiger partial charge is 0.481 e. The second-order valence-corrected chi connectivity index (χ2v) is 6.13. The highest BCUT2D eigenvalue weighted by Crippen LogP contribution is 2.18. The first-order chi connectivity index (χ1) is 11.6. The van der Waals surface area contributed by atoms with Gasteiger partial charge < -0.3 is 10.0 Å². The van der Waals surface area contributed by atoms with Crippen LogP contribution in [-0.4, -0.2) is 42.2 Å². The zero-order valence-electron chi connectivity index (χ0n) is 13.5. The van der Waals surface area contributed by atoms with E-state index < -0.39 is 5.97 Å². The van der Waals surface area contributed by atoms with Crippen molar-refractivity contribution in [1.29, 1.82) is 0 Å². The molecule has 24 heavy (non-hydrogen) atoms. The topological polar surface area (TPSA) is 43.8 Å². The molecular formula is C19H21FN2O2. The summed E-state index contributed by atoms with van der Waals surface area (Å²) in [5, 5.41) is 8.80. The summed E-state index contributed by atoms with van der Waals surface area (Å²) in [6.07, 6.45) is 0.0661. The van der Waals surface area contributed by atoms with Crippen molar-refractivity contribution in [2.75, 3.05) is 31.1 Å². The fraction of sp³-hybridized carbons (Fsp3) is 0.316. The van der Waals surface area contributed by atoms with Gasteiger partial charge >= 0.3 is 5.97 Å². The Bertz CT molecular complexity index is 678. The average molecular weight is 328 g/mol. The van der Waals surface area contributed by atoms with Crippen molar-refractivity contribution in [3.63, 3.8) is 0 Å². The first-order valence-electron chi connectivity index (χ1n) is 8.12. The number of piperazine rings is 1. The molecule has 1 aliphatic heterocycles. The number of anilines is 1. The van der Waals surface area contributed by atoms with Gasteiger partial charge in [-0.25, -0.2) is 4.39 Å². The van der Waals surface area contributed by atoms with Crippen molar-refractivity contribution in [2.24, 2.45) is 0 Å². The molecule has 0 amide bonds. The predicted octanol–water partition coefficient (Wildman–Crippen LogP) is 2.78. The van der Waals surface area contributed by atoms with E-state index >= 15 is 0 Å². The predicted molar refractivity (Wildman–Crippen MR) is 91.7 cm³/mol. The van der Waals surface area contributed by atoms with E-state index in [0.717, 1.165) is 44.0 Å². The van der Waals surface area contributed by atoms with Gasteiger partial charge in [-0.1, -0.05) is 24.3 Å². The van der Waals surface area contributed by atoms with Crippen molar-refractivity contribution in [2.45, 2.75) is 13.0 Å². The lowest BCUT2D eigenvalue weighted by atomic mass is 10.1. The molecule has 1 saturated heterocycles. The van der Waals surface area contributed by atoms with Crippen LogP contribution in [0.4, 0.5) is 10.1 Å². The van der Waals surface area contributed by atoms with Crippen LogP contribution in [0.3, 0.4) is 0 Å². The zero-order chi connectivity index (χ0) is 16.9. The van der Waals surface area contributed by atoms with Crippen LogP contribution < -0.4 is 4.90 Å². The Morgan fingerprint density at radius 3 is 2.08 bits per heavy atom. The van der Waals surface area contributed by atoms with E-state index in [9.17, 15) is 9.18 Å². The summed E-state index contributed by atoms with van der Waals surface area (Å²) in [4.78, 5) is 15.4. The Morgan fingerprint density at radius 2 is 1.50 bits per heavy atom. The summed E-state index contributed by atoms with van der Waals surface area (Å²) < 4.78 is 13.0. The molecule has 126 valence electrons. The molecule has 3 rings (SSSR count). The molecule has 0 bridgehead atoms. The molecule has 2 aromatic rings. The molecule has 5 heteroatoms. The summed E-state index contributed by atoms with van der Waals surface area (Å²) in [5.41, 5.74) is 3.08. The van der Waals surface area contributed by atoms with Gasteiger partial charge in [-0.05, 0) is 35.4 Å². The molecule has 1 fully saturated rings. The van der Waals surface area contributed by atoms with Crippen LogP contribution in [0.1, 0.15) is 11.1 Å². The molecule has 0 atom stereocenters. The number of rotatable bonds is 5. The molecule has 0 unspecified atom stereocenters. The maximum atomic E-state index is 13.0. The fourth-order valence-electron chi connectivity index (χ4n) is 3.01. The molecule has 1 N–H and O–H groups in total. The van der Waals surface area contributed by atoms with Crippen LogP contribution in [0.15, 0.2) is 48.5 Å². The lowest BCUT2D eigenvalue weighted by molar-refractivity contribution is -0.136. The average Bonchev–Trinajstić information content (AvgIpc) is 2.58. The van der Waals surface area contributed by atoms with Gasteiger partial charge in [0.1, 0.15) is 5.82 Å². The Labute approximate surface area is 141 Å². The van der Waals surface area contributed by atoms with Crippen LogP contribution >= 0.6 is 0 Å². The molecule has 0 saturated carbocycles. The third kappa shape index (κ3) is 4.32. The highest BCUT2D eigenvalue weighted by Gasteiger charge is 2.17. The molecular weight excluding hydrogens is 307 g/mol. The van der Waals surface area contributed by atoms with E-state index in [1.165, 1.54) is 17.7 Å². The maximum Gasteiger partial charge on any atom is 0.307 e. The number of benzene rings is 2. The van der Waals surface area contributed by atoms with Crippen LogP contribution in [0, 0.1) is 5.82 Å². The Balaban J connectivity index is 1.51. The first-order valence-corrected chi connectivity index (χ1v) is 8.12. The standard InChI is InChI=1S/C19H21FN2O2/c20-17-5-7-18(8-6-17)22-11-9-21(10-12-22)14-16-3-1-15(2-4-16)13-19(23)24/h1-8H,9-14H2,(H,23,24). The Hall–Kier alpha value is -2.40. The highest BCUT2D eigenvalue weighted by molar-refractivity contribution is 5.70. The van der Waals surface area contributed by atoms with Crippen molar-refractivity contribution < 1.29 is 14.3 Å². The zero-order valence-corrected chi connectivity index (χ0v) is 13.5. The summed E-state index contributed by atoms with van der Waals surface area (Å²) in [6.45, 7) is 4.61. The van der Waals surface area contributed by atoms with Gasteiger partial charge in [0.2, 0.25) is 0 Å². The minimum atomic E-state index is -0.806. The number of carboxylic acid groups (broad SMARTS) is 1. The Morgan fingerprint density at radius 1 is 0.917 bits per heavy atom. The van der Waals surface area contributed by atoms with E-state index in [1.54, 1.807) is 0 Å². The van der Waals surface area contributed by atoms with Gasteiger partial charge in [-0.3, -0.25) is 9.69 Å². The SMILES string of the molecule is O=C(O)Cc1ccc(CN2CCN(c3ccc(F)cc3)CC2)cc1. The number of carbonyl (C=O) groups is 1. The molecule has 0 radical (unpaired) electrons. The normalized spacial score (nSPS) is 15.5. The van der Waals surface area contributed by atoms with Crippen molar-refractivity contribution in [3.8, 4) is 0 Å². The monoisotopic (exact) mass is 328 g/mol. The number of hydrogen-bond donors (Lipinski definition) is 1. The quantitative estimate of drug-likeness (QED) is 0.917. The minimum Gasteiger partial charge on any atom is -0.481 e. The molecule has 0 aromatic heterocycles. The smallest absolute Gasteiger partial charge is 0.307 e. The summed E-state index contributed by atoms with van der Waals surface area (Å²) in [5.74, 6) is -1.01. The molecule has 0 aliphatic carbocycles. The number of carboxylic acids is 1. The minimum absolute atomic E-state index is 0.0661. The van der Waals surface area contributed by atoms with Crippen LogP contribution in [-0.2, 0) is 17.8 Å². The van der Waals surface area contributed by atoms with E-state index in [1.807, 2.05) is 36.4 Å². The van der Waals surface area contributed by atoms with Gasteiger partial charge in [0, 0.05) is 38.4 Å².